The van der Waals surface area contributed by atoms with E-state index in [1.165, 1.54) is 26.8 Å². The van der Waals surface area contributed by atoms with Gasteiger partial charge in [0, 0.05) is 17.5 Å². The SMILES string of the molecule is O=C(Nc1nc(-c2ccc(Cc3ccccc3)cc2)cs1)C1CCCN1S(=O)(=O)c1cccs1. The Labute approximate surface area is 207 Å². The molecule has 6 nitrogen and oxygen atoms in total. The first-order valence-electron chi connectivity index (χ1n) is 11.0. The smallest absolute Gasteiger partial charge is 0.253 e. The van der Waals surface area contributed by atoms with Gasteiger partial charge in [0.15, 0.2) is 5.13 Å². The normalized spacial score (nSPS) is 16.5. The highest BCUT2D eigenvalue weighted by molar-refractivity contribution is 7.91. The zero-order valence-electron chi connectivity index (χ0n) is 18.3. The molecule has 1 aliphatic heterocycles. The lowest BCUT2D eigenvalue weighted by Crippen LogP contribution is -2.42. The van der Waals surface area contributed by atoms with Crippen molar-refractivity contribution in [2.75, 3.05) is 11.9 Å². The number of thiophene rings is 1. The number of amides is 1. The number of nitrogens with zero attached hydrogens (tertiary/aromatic N) is 2. The lowest BCUT2D eigenvalue weighted by Gasteiger charge is -2.22. The van der Waals surface area contributed by atoms with Gasteiger partial charge in [-0.15, -0.1) is 22.7 Å². The third kappa shape index (κ3) is 4.83. The van der Waals surface area contributed by atoms with E-state index in [-0.39, 0.29) is 10.1 Å². The number of thiazole rings is 1. The van der Waals surface area contributed by atoms with Gasteiger partial charge < -0.3 is 5.32 Å². The Balaban J connectivity index is 1.26. The number of hydrogen-bond donors (Lipinski definition) is 1. The molecule has 9 heteroatoms. The minimum atomic E-state index is -3.67. The third-order valence-electron chi connectivity index (χ3n) is 5.80. The minimum Gasteiger partial charge on any atom is -0.301 e. The molecule has 0 aliphatic carbocycles. The van der Waals surface area contributed by atoms with Gasteiger partial charge in [-0.05, 0) is 41.8 Å². The van der Waals surface area contributed by atoms with Crippen molar-refractivity contribution in [2.24, 2.45) is 0 Å². The Bertz CT molecular complexity index is 1370. The molecule has 2 aromatic heterocycles. The maximum Gasteiger partial charge on any atom is 0.253 e. The summed E-state index contributed by atoms with van der Waals surface area (Å²) in [5, 5.41) is 6.92. The second kappa shape index (κ2) is 9.79. The number of anilines is 1. The van der Waals surface area contributed by atoms with Crippen LogP contribution in [0.5, 0.6) is 0 Å². The van der Waals surface area contributed by atoms with Crippen LogP contribution in [0, 0.1) is 0 Å². The van der Waals surface area contributed by atoms with Gasteiger partial charge in [0.25, 0.3) is 10.0 Å². The van der Waals surface area contributed by atoms with E-state index >= 15 is 0 Å². The van der Waals surface area contributed by atoms with Crippen LogP contribution in [-0.4, -0.2) is 36.2 Å². The summed E-state index contributed by atoms with van der Waals surface area (Å²) in [6.45, 7) is 0.344. The number of hydrogen-bond acceptors (Lipinski definition) is 6. The van der Waals surface area contributed by atoms with E-state index in [2.05, 4.69) is 34.6 Å². The summed E-state index contributed by atoms with van der Waals surface area (Å²) in [5.41, 5.74) is 4.22. The van der Waals surface area contributed by atoms with Crippen LogP contribution in [0.15, 0.2) is 81.7 Å². The first-order valence-corrected chi connectivity index (χ1v) is 14.2. The highest BCUT2D eigenvalue weighted by atomic mass is 32.2. The first kappa shape index (κ1) is 22.9. The maximum absolute atomic E-state index is 13.0. The lowest BCUT2D eigenvalue weighted by atomic mass is 10.0. The van der Waals surface area contributed by atoms with Crippen LogP contribution in [0.25, 0.3) is 11.3 Å². The quantitative estimate of drug-likeness (QED) is 0.369. The number of nitrogens with one attached hydrogen (secondary N) is 1. The van der Waals surface area contributed by atoms with E-state index in [1.54, 1.807) is 17.5 Å². The van der Waals surface area contributed by atoms with Crippen molar-refractivity contribution in [3.05, 3.63) is 88.6 Å². The number of aromatic nitrogens is 1. The molecule has 0 bridgehead atoms. The zero-order chi connectivity index (χ0) is 23.5. The molecule has 1 amide bonds. The van der Waals surface area contributed by atoms with Crippen molar-refractivity contribution in [1.82, 2.24) is 9.29 Å². The van der Waals surface area contributed by atoms with Gasteiger partial charge in [0.1, 0.15) is 10.3 Å². The fourth-order valence-corrected chi connectivity index (χ4v) is 7.59. The molecule has 174 valence electrons. The average molecular weight is 510 g/mol. The second-order valence-electron chi connectivity index (χ2n) is 8.09. The summed E-state index contributed by atoms with van der Waals surface area (Å²) in [5.74, 6) is -0.336. The van der Waals surface area contributed by atoms with Gasteiger partial charge in [-0.3, -0.25) is 4.79 Å². The van der Waals surface area contributed by atoms with Crippen LogP contribution in [0.1, 0.15) is 24.0 Å². The van der Waals surface area contributed by atoms with E-state index < -0.39 is 16.1 Å². The lowest BCUT2D eigenvalue weighted by molar-refractivity contribution is -0.119. The van der Waals surface area contributed by atoms with Gasteiger partial charge in [-0.2, -0.15) is 4.31 Å². The standard InChI is InChI=1S/C25H23N3O3S3/c29-24(22-8-4-14-28(22)34(30,31)23-9-5-15-32-23)27-25-26-21(17-33-25)20-12-10-19(11-13-20)16-18-6-2-1-3-7-18/h1-3,5-7,9-13,15,17,22H,4,8,14,16H2,(H,26,27,29). The molecule has 2 aromatic carbocycles. The molecule has 1 atom stereocenters. The minimum absolute atomic E-state index is 0.263. The fourth-order valence-electron chi connectivity index (χ4n) is 4.09. The molecule has 1 unspecified atom stereocenters. The van der Waals surface area contributed by atoms with E-state index in [0.29, 0.717) is 24.5 Å². The van der Waals surface area contributed by atoms with Crippen molar-refractivity contribution in [3.8, 4) is 11.3 Å². The van der Waals surface area contributed by atoms with E-state index in [4.69, 9.17) is 0 Å². The van der Waals surface area contributed by atoms with Crippen LogP contribution in [0.3, 0.4) is 0 Å². The van der Waals surface area contributed by atoms with Crippen LogP contribution in [0.4, 0.5) is 5.13 Å². The van der Waals surface area contributed by atoms with Gasteiger partial charge in [0.05, 0.1) is 5.69 Å². The highest BCUT2D eigenvalue weighted by Crippen LogP contribution is 2.30. The molecule has 0 radical (unpaired) electrons. The fraction of sp³-hybridized carbons (Fsp3) is 0.200. The summed E-state index contributed by atoms with van der Waals surface area (Å²) >= 11 is 2.50. The highest BCUT2D eigenvalue weighted by Gasteiger charge is 2.40. The molecule has 1 aliphatic rings. The van der Waals surface area contributed by atoms with Crippen molar-refractivity contribution >= 4 is 43.7 Å². The molecule has 0 spiro atoms. The van der Waals surface area contributed by atoms with Gasteiger partial charge in [-0.25, -0.2) is 13.4 Å². The molecular weight excluding hydrogens is 486 g/mol. The Morgan fingerprint density at radius 3 is 2.50 bits per heavy atom. The number of carbonyl (C=O) groups excluding carboxylic acids is 1. The molecule has 5 rings (SSSR count). The monoisotopic (exact) mass is 509 g/mol. The number of benzene rings is 2. The molecule has 3 heterocycles. The van der Waals surface area contributed by atoms with Crippen LogP contribution < -0.4 is 5.32 Å². The maximum atomic E-state index is 13.0. The average Bonchev–Trinajstić information content (AvgIpc) is 3.62. The van der Waals surface area contributed by atoms with Gasteiger partial charge >= 0.3 is 0 Å². The van der Waals surface area contributed by atoms with Gasteiger partial charge in [-0.1, -0.05) is 60.7 Å². The topological polar surface area (TPSA) is 79.4 Å². The Kier molecular flexibility index (Phi) is 6.60. The molecular formula is C25H23N3O3S3. The van der Waals surface area contributed by atoms with Crippen molar-refractivity contribution < 1.29 is 13.2 Å². The van der Waals surface area contributed by atoms with Crippen LogP contribution >= 0.6 is 22.7 Å². The van der Waals surface area contributed by atoms with E-state index in [1.807, 2.05) is 35.7 Å². The molecule has 4 aromatic rings. The summed E-state index contributed by atoms with van der Waals surface area (Å²) in [7, 11) is -3.67. The predicted molar refractivity (Wildman–Crippen MR) is 137 cm³/mol. The van der Waals surface area contributed by atoms with Crippen molar-refractivity contribution in [3.63, 3.8) is 0 Å². The summed E-state index contributed by atoms with van der Waals surface area (Å²) in [6.07, 6.45) is 2.02. The Morgan fingerprint density at radius 2 is 1.76 bits per heavy atom. The zero-order valence-corrected chi connectivity index (χ0v) is 20.7. The third-order valence-corrected chi connectivity index (χ3v) is 9.84. The van der Waals surface area contributed by atoms with Crippen molar-refractivity contribution in [1.29, 1.82) is 0 Å². The molecule has 34 heavy (non-hydrogen) atoms. The molecule has 1 fully saturated rings. The van der Waals surface area contributed by atoms with Crippen LogP contribution in [-0.2, 0) is 21.2 Å². The molecule has 0 saturated carbocycles. The first-order chi connectivity index (χ1) is 16.5. The largest absolute Gasteiger partial charge is 0.301 e. The Morgan fingerprint density at radius 1 is 1.00 bits per heavy atom. The van der Waals surface area contributed by atoms with Crippen LogP contribution in [0.2, 0.25) is 0 Å². The summed E-state index contributed by atoms with van der Waals surface area (Å²) in [6, 6.07) is 21.1. The molecule has 1 saturated heterocycles. The number of carbonyl (C=O) groups is 1. The summed E-state index contributed by atoms with van der Waals surface area (Å²) < 4.78 is 27.5. The second-order valence-corrected chi connectivity index (χ2v) is 12.0. The van der Waals surface area contributed by atoms with Crippen molar-refractivity contribution in [2.45, 2.75) is 29.5 Å². The van der Waals surface area contributed by atoms with E-state index in [0.717, 1.165) is 29.0 Å². The predicted octanol–water partition coefficient (Wildman–Crippen LogP) is 5.25. The number of rotatable bonds is 7. The van der Waals surface area contributed by atoms with E-state index in [9.17, 15) is 13.2 Å². The summed E-state index contributed by atoms with van der Waals surface area (Å²) in [4.78, 5) is 17.5. The molecule has 1 N–H and O–H groups in total. The number of sulfonamides is 1. The van der Waals surface area contributed by atoms with Gasteiger partial charge in [0.2, 0.25) is 5.91 Å². The Hall–Kier alpha value is -2.85.